The molecule has 0 aliphatic carbocycles. The molecule has 3 aromatic rings. The van der Waals surface area contributed by atoms with Gasteiger partial charge in [-0.2, -0.15) is 0 Å². The van der Waals surface area contributed by atoms with Crippen molar-refractivity contribution < 1.29 is 9.18 Å². The Morgan fingerprint density at radius 1 is 1.28 bits per heavy atom. The van der Waals surface area contributed by atoms with Crippen molar-refractivity contribution in [2.75, 3.05) is 13.1 Å². The normalized spacial score (nSPS) is 21.1. The molecule has 0 radical (unpaired) electrons. The lowest BCUT2D eigenvalue weighted by atomic mass is 9.92. The Balaban J connectivity index is 1.47. The zero-order chi connectivity index (χ0) is 20.1. The van der Waals surface area contributed by atoms with Crippen LogP contribution in [-0.4, -0.2) is 45.4 Å². The summed E-state index contributed by atoms with van der Waals surface area (Å²) in [6.45, 7) is 1.39. The fraction of sp³-hybridized carbons (Fsp3) is 0.333. The van der Waals surface area contributed by atoms with E-state index >= 15 is 0 Å². The van der Waals surface area contributed by atoms with E-state index in [1.807, 2.05) is 0 Å². The first-order chi connectivity index (χ1) is 14.0. The van der Waals surface area contributed by atoms with Gasteiger partial charge in [-0.15, -0.1) is 0 Å². The van der Waals surface area contributed by atoms with Gasteiger partial charge >= 0.3 is 0 Å². The Kier molecular flexibility index (Phi) is 4.44. The highest BCUT2D eigenvalue weighted by Crippen LogP contribution is 2.26. The second-order valence-corrected chi connectivity index (χ2v) is 8.24. The van der Waals surface area contributed by atoms with E-state index in [-0.39, 0.29) is 23.1 Å². The van der Waals surface area contributed by atoms with Crippen LogP contribution in [0.2, 0.25) is 5.02 Å². The average molecular weight is 415 g/mol. The number of fused-ring (bicyclic) bond motifs is 4. The number of piperazine rings is 1. The van der Waals surface area contributed by atoms with E-state index in [1.54, 1.807) is 39.9 Å². The minimum absolute atomic E-state index is 0.0984. The molecule has 2 atom stereocenters. The number of rotatable bonds is 3. The van der Waals surface area contributed by atoms with Gasteiger partial charge in [-0.1, -0.05) is 17.7 Å². The van der Waals surface area contributed by atoms with Crippen molar-refractivity contribution in [1.29, 1.82) is 0 Å². The molecule has 8 heteroatoms. The highest BCUT2D eigenvalue weighted by Gasteiger charge is 2.37. The summed E-state index contributed by atoms with van der Waals surface area (Å²) >= 11 is 6.06. The fourth-order valence-corrected chi connectivity index (χ4v) is 4.64. The second-order valence-electron chi connectivity index (χ2n) is 7.81. The molecule has 1 aromatic carbocycles. The Morgan fingerprint density at radius 3 is 2.86 bits per heavy atom. The molecule has 29 heavy (non-hydrogen) atoms. The van der Waals surface area contributed by atoms with Crippen molar-refractivity contribution in [2.45, 2.75) is 31.3 Å². The lowest BCUT2D eigenvalue weighted by Gasteiger charge is -2.46. The number of amides is 1. The quantitative estimate of drug-likeness (QED) is 0.692. The molecule has 2 aromatic heterocycles. The molecule has 3 saturated heterocycles. The van der Waals surface area contributed by atoms with Gasteiger partial charge < -0.3 is 19.6 Å². The van der Waals surface area contributed by atoms with Crippen LogP contribution in [0.5, 0.6) is 0 Å². The van der Waals surface area contributed by atoms with Crippen molar-refractivity contribution in [1.82, 2.24) is 19.6 Å². The van der Waals surface area contributed by atoms with Gasteiger partial charge in [0.15, 0.2) is 0 Å². The van der Waals surface area contributed by atoms with E-state index in [0.29, 0.717) is 29.5 Å². The molecule has 3 fully saturated rings. The Labute approximate surface area is 171 Å². The lowest BCUT2D eigenvalue weighted by molar-refractivity contribution is 0.0436. The lowest BCUT2D eigenvalue weighted by Crippen LogP contribution is -2.62. The standard InChI is InChI=1S/C21H20ClFN4O2/c22-13-7-19-20(28)25-9-16(26(19)10-13)5-12-1-4-18(23)17(6-12)21(29)27-11-14-2-3-15(27)8-24-14/h1,4,6-7,9-10,14-15,24H,2-3,5,8,11H2,(H,25,28). The van der Waals surface area contributed by atoms with Gasteiger partial charge in [0.05, 0.1) is 10.6 Å². The van der Waals surface area contributed by atoms with Crippen molar-refractivity contribution in [3.05, 3.63) is 74.7 Å². The highest BCUT2D eigenvalue weighted by molar-refractivity contribution is 6.31. The molecule has 6 rings (SSSR count). The third kappa shape index (κ3) is 3.24. The minimum atomic E-state index is -0.510. The van der Waals surface area contributed by atoms with Crippen molar-refractivity contribution in [3.8, 4) is 0 Å². The first-order valence-corrected chi connectivity index (χ1v) is 10.1. The monoisotopic (exact) mass is 414 g/mol. The first kappa shape index (κ1) is 18.4. The number of aromatic amines is 1. The number of carbonyl (C=O) groups is 1. The average Bonchev–Trinajstić information content (AvgIpc) is 3.14. The van der Waals surface area contributed by atoms with E-state index in [1.165, 1.54) is 6.07 Å². The molecule has 6 nitrogen and oxygen atoms in total. The number of nitrogens with one attached hydrogen (secondary N) is 2. The van der Waals surface area contributed by atoms with Crippen LogP contribution in [0.4, 0.5) is 4.39 Å². The van der Waals surface area contributed by atoms with E-state index in [9.17, 15) is 14.0 Å². The van der Waals surface area contributed by atoms with Crippen molar-refractivity contribution in [2.24, 2.45) is 0 Å². The van der Waals surface area contributed by atoms with Crippen molar-refractivity contribution in [3.63, 3.8) is 0 Å². The summed E-state index contributed by atoms with van der Waals surface area (Å²) in [5.74, 6) is -0.764. The van der Waals surface area contributed by atoms with Crippen LogP contribution in [0.15, 0.2) is 41.5 Å². The molecular weight excluding hydrogens is 395 g/mol. The zero-order valence-electron chi connectivity index (χ0n) is 15.6. The maximum atomic E-state index is 14.5. The predicted molar refractivity (Wildman–Crippen MR) is 108 cm³/mol. The summed E-state index contributed by atoms with van der Waals surface area (Å²) < 4.78 is 16.3. The molecule has 5 heterocycles. The molecule has 0 saturated carbocycles. The number of hydrogen-bond donors (Lipinski definition) is 2. The summed E-state index contributed by atoms with van der Waals surface area (Å²) in [7, 11) is 0. The Morgan fingerprint density at radius 2 is 2.14 bits per heavy atom. The molecule has 3 aliphatic heterocycles. The van der Waals surface area contributed by atoms with E-state index in [4.69, 9.17) is 11.6 Å². The highest BCUT2D eigenvalue weighted by atomic mass is 35.5. The van der Waals surface area contributed by atoms with Crippen LogP contribution in [0, 0.1) is 5.82 Å². The summed E-state index contributed by atoms with van der Waals surface area (Å²) in [6, 6.07) is 6.64. The molecule has 3 aliphatic rings. The third-order valence-electron chi connectivity index (χ3n) is 5.95. The Hall–Kier alpha value is -2.64. The third-order valence-corrected chi connectivity index (χ3v) is 6.16. The number of hydrogen-bond acceptors (Lipinski definition) is 3. The maximum absolute atomic E-state index is 14.5. The predicted octanol–water partition coefficient (Wildman–Crippen LogP) is 2.59. The molecule has 150 valence electrons. The van der Waals surface area contributed by atoms with Gasteiger partial charge in [-0.25, -0.2) is 4.39 Å². The SMILES string of the molecule is O=C(c1cc(Cc2c[nH]c(=O)c3cc(Cl)cn23)ccc1F)N1CC2CCC1CN2. The number of aromatic nitrogens is 2. The van der Waals surface area contributed by atoms with Gasteiger partial charge in [0, 0.05) is 49.7 Å². The zero-order valence-corrected chi connectivity index (χ0v) is 16.4. The number of carbonyl (C=O) groups excluding carboxylic acids is 1. The number of H-pyrrole nitrogens is 1. The van der Waals surface area contributed by atoms with Crippen LogP contribution in [0.3, 0.4) is 0 Å². The van der Waals surface area contributed by atoms with Crippen LogP contribution >= 0.6 is 11.6 Å². The number of piperidine rings is 2. The molecule has 2 bridgehead atoms. The van der Waals surface area contributed by atoms with E-state index in [0.717, 1.165) is 30.6 Å². The molecule has 2 unspecified atom stereocenters. The second kappa shape index (κ2) is 7.00. The van der Waals surface area contributed by atoms with Crippen LogP contribution < -0.4 is 10.9 Å². The first-order valence-electron chi connectivity index (χ1n) is 9.70. The number of benzene rings is 1. The van der Waals surface area contributed by atoms with E-state index < -0.39 is 5.82 Å². The molecule has 1 amide bonds. The fourth-order valence-electron chi connectivity index (χ4n) is 4.44. The van der Waals surface area contributed by atoms with Gasteiger partial charge in [0.25, 0.3) is 11.5 Å². The van der Waals surface area contributed by atoms with Gasteiger partial charge in [0.1, 0.15) is 11.3 Å². The summed E-state index contributed by atoms with van der Waals surface area (Å²) in [5.41, 5.74) is 1.89. The molecule has 0 spiro atoms. The molecule has 2 N–H and O–H groups in total. The smallest absolute Gasteiger partial charge is 0.272 e. The Bertz CT molecular complexity index is 1160. The summed E-state index contributed by atoms with van der Waals surface area (Å²) in [5, 5.41) is 3.87. The van der Waals surface area contributed by atoms with Crippen LogP contribution in [0.25, 0.3) is 5.52 Å². The summed E-state index contributed by atoms with van der Waals surface area (Å²) in [4.78, 5) is 29.6. The van der Waals surface area contributed by atoms with Crippen LogP contribution in [-0.2, 0) is 6.42 Å². The topological polar surface area (TPSA) is 69.6 Å². The number of halogens is 2. The van der Waals surface area contributed by atoms with Crippen LogP contribution in [0.1, 0.15) is 34.5 Å². The summed E-state index contributed by atoms with van der Waals surface area (Å²) in [6.07, 6.45) is 5.72. The number of nitrogens with zero attached hydrogens (tertiary/aromatic N) is 2. The largest absolute Gasteiger partial charge is 0.333 e. The minimum Gasteiger partial charge on any atom is -0.333 e. The van der Waals surface area contributed by atoms with Crippen molar-refractivity contribution >= 4 is 23.0 Å². The maximum Gasteiger partial charge on any atom is 0.272 e. The van der Waals surface area contributed by atoms with Gasteiger partial charge in [-0.05, 0) is 36.6 Å². The molecular formula is C21H20ClFN4O2. The van der Waals surface area contributed by atoms with Gasteiger partial charge in [0.2, 0.25) is 0 Å². The van der Waals surface area contributed by atoms with E-state index in [2.05, 4.69) is 10.3 Å². The van der Waals surface area contributed by atoms with Gasteiger partial charge in [-0.3, -0.25) is 9.59 Å².